The van der Waals surface area contributed by atoms with E-state index in [1.165, 1.54) is 6.20 Å². The number of rotatable bonds is 3. The molecule has 1 N–H and O–H groups in total. The Kier molecular flexibility index (Phi) is 2.92. The van der Waals surface area contributed by atoms with Crippen LogP contribution in [0, 0.1) is 0 Å². The summed E-state index contributed by atoms with van der Waals surface area (Å²) in [5.74, 6) is 1.21. The number of aromatic nitrogens is 2. The first-order chi connectivity index (χ1) is 7.74. The van der Waals surface area contributed by atoms with Crippen molar-refractivity contribution in [3.05, 3.63) is 35.1 Å². The smallest absolute Gasteiger partial charge is 0.167 e. The van der Waals surface area contributed by atoms with E-state index < -0.39 is 0 Å². The van der Waals surface area contributed by atoms with Gasteiger partial charge in [0.2, 0.25) is 0 Å². The molecule has 0 unspecified atom stereocenters. The molecule has 0 atom stereocenters. The second-order valence-corrected chi connectivity index (χ2v) is 3.56. The van der Waals surface area contributed by atoms with Crippen molar-refractivity contribution in [3.8, 4) is 17.1 Å². The minimum Gasteiger partial charge on any atom is -0.495 e. The number of imidazole rings is 1. The molecule has 4 nitrogen and oxygen atoms in total. The Morgan fingerprint density at radius 2 is 2.31 bits per heavy atom. The third kappa shape index (κ3) is 1.92. The Hall–Kier alpha value is -1.81. The zero-order chi connectivity index (χ0) is 11.5. The lowest BCUT2D eigenvalue weighted by Gasteiger charge is -2.03. The Balaban J connectivity index is 2.40. The van der Waals surface area contributed by atoms with Crippen LogP contribution < -0.4 is 4.74 Å². The van der Waals surface area contributed by atoms with E-state index in [1.54, 1.807) is 19.2 Å². The van der Waals surface area contributed by atoms with Crippen LogP contribution in [0.2, 0.25) is 5.02 Å². The molecule has 1 aromatic carbocycles. The quantitative estimate of drug-likeness (QED) is 0.834. The molecule has 0 fully saturated rings. The molecule has 0 saturated heterocycles. The number of methoxy groups -OCH3 is 1. The van der Waals surface area contributed by atoms with Gasteiger partial charge in [0.1, 0.15) is 11.6 Å². The highest BCUT2D eigenvalue weighted by molar-refractivity contribution is 6.32. The van der Waals surface area contributed by atoms with Crippen molar-refractivity contribution in [2.45, 2.75) is 0 Å². The van der Waals surface area contributed by atoms with Gasteiger partial charge < -0.3 is 9.72 Å². The van der Waals surface area contributed by atoms with Crippen LogP contribution in [0.15, 0.2) is 24.4 Å². The molecule has 0 saturated carbocycles. The van der Waals surface area contributed by atoms with Crippen molar-refractivity contribution in [1.29, 1.82) is 0 Å². The molecular weight excluding hydrogens is 228 g/mol. The van der Waals surface area contributed by atoms with E-state index in [2.05, 4.69) is 9.97 Å². The standard InChI is InChI=1S/C11H9ClN2O2/c1-16-10-3-2-7(4-9(10)12)11-13-5-8(6-15)14-11/h2-6H,1H3,(H,13,14). The predicted molar refractivity (Wildman–Crippen MR) is 61.0 cm³/mol. The van der Waals surface area contributed by atoms with Crippen LogP contribution in [-0.4, -0.2) is 23.4 Å². The molecule has 16 heavy (non-hydrogen) atoms. The van der Waals surface area contributed by atoms with Gasteiger partial charge in [0.25, 0.3) is 0 Å². The fourth-order valence-electron chi connectivity index (χ4n) is 1.36. The first-order valence-corrected chi connectivity index (χ1v) is 4.96. The maximum Gasteiger partial charge on any atom is 0.167 e. The van der Waals surface area contributed by atoms with Crippen LogP contribution in [-0.2, 0) is 0 Å². The largest absolute Gasteiger partial charge is 0.495 e. The summed E-state index contributed by atoms with van der Waals surface area (Å²) in [4.78, 5) is 17.4. The molecule has 0 aliphatic heterocycles. The fraction of sp³-hybridized carbons (Fsp3) is 0.0909. The lowest BCUT2D eigenvalue weighted by Crippen LogP contribution is -1.86. The van der Waals surface area contributed by atoms with E-state index in [1.807, 2.05) is 6.07 Å². The second kappa shape index (κ2) is 4.37. The molecule has 0 amide bonds. The Labute approximate surface area is 97.2 Å². The zero-order valence-corrected chi connectivity index (χ0v) is 9.28. The minimum atomic E-state index is 0.432. The summed E-state index contributed by atoms with van der Waals surface area (Å²) in [6.07, 6.45) is 2.18. The summed E-state index contributed by atoms with van der Waals surface area (Å²) >= 11 is 5.98. The van der Waals surface area contributed by atoms with E-state index in [0.29, 0.717) is 28.6 Å². The number of nitrogens with zero attached hydrogens (tertiary/aromatic N) is 1. The van der Waals surface area contributed by atoms with Gasteiger partial charge in [0, 0.05) is 5.56 Å². The molecule has 0 aliphatic carbocycles. The minimum absolute atomic E-state index is 0.432. The van der Waals surface area contributed by atoms with Gasteiger partial charge in [-0.05, 0) is 18.2 Å². The fourth-order valence-corrected chi connectivity index (χ4v) is 1.61. The van der Waals surface area contributed by atoms with Crippen molar-refractivity contribution in [1.82, 2.24) is 9.97 Å². The number of nitrogens with one attached hydrogen (secondary N) is 1. The Morgan fingerprint density at radius 1 is 1.50 bits per heavy atom. The Morgan fingerprint density at radius 3 is 2.88 bits per heavy atom. The van der Waals surface area contributed by atoms with Crippen LogP contribution in [0.4, 0.5) is 0 Å². The lowest BCUT2D eigenvalue weighted by molar-refractivity contribution is 0.111. The number of hydrogen-bond donors (Lipinski definition) is 1. The lowest BCUT2D eigenvalue weighted by atomic mass is 10.2. The summed E-state index contributed by atoms with van der Waals surface area (Å²) < 4.78 is 5.04. The first kappa shape index (κ1) is 10.7. The number of carbonyl (C=O) groups is 1. The molecule has 1 aromatic heterocycles. The number of hydrogen-bond acceptors (Lipinski definition) is 3. The highest BCUT2D eigenvalue weighted by Gasteiger charge is 2.06. The van der Waals surface area contributed by atoms with Gasteiger partial charge in [0.05, 0.1) is 24.0 Å². The van der Waals surface area contributed by atoms with E-state index in [0.717, 1.165) is 5.56 Å². The molecule has 0 bridgehead atoms. The molecule has 2 rings (SSSR count). The van der Waals surface area contributed by atoms with Crippen LogP contribution in [0.1, 0.15) is 10.5 Å². The van der Waals surface area contributed by atoms with Crippen LogP contribution in [0.5, 0.6) is 5.75 Å². The molecular formula is C11H9ClN2O2. The Bertz CT molecular complexity index is 522. The SMILES string of the molecule is COc1ccc(-c2ncc(C=O)[nH]2)cc1Cl. The third-order valence-corrected chi connectivity index (χ3v) is 2.44. The van der Waals surface area contributed by atoms with Gasteiger partial charge in [-0.1, -0.05) is 11.6 Å². The molecule has 1 heterocycles. The number of aromatic amines is 1. The molecule has 5 heteroatoms. The summed E-state index contributed by atoms with van der Waals surface area (Å²) in [5.41, 5.74) is 1.24. The highest BCUT2D eigenvalue weighted by Crippen LogP contribution is 2.28. The number of carbonyl (C=O) groups excluding carboxylic acids is 1. The van der Waals surface area contributed by atoms with Crippen molar-refractivity contribution in [3.63, 3.8) is 0 Å². The molecule has 0 spiro atoms. The average molecular weight is 237 g/mol. The van der Waals surface area contributed by atoms with Crippen molar-refractivity contribution >= 4 is 17.9 Å². The monoisotopic (exact) mass is 236 g/mol. The van der Waals surface area contributed by atoms with Gasteiger partial charge in [-0.15, -0.1) is 0 Å². The molecule has 2 aromatic rings. The van der Waals surface area contributed by atoms with Crippen LogP contribution >= 0.6 is 11.6 Å². The summed E-state index contributed by atoms with van der Waals surface area (Å²) in [6, 6.07) is 5.30. The average Bonchev–Trinajstić information content (AvgIpc) is 2.77. The molecule has 0 aliphatic rings. The highest BCUT2D eigenvalue weighted by atomic mass is 35.5. The van der Waals surface area contributed by atoms with Gasteiger partial charge in [-0.2, -0.15) is 0 Å². The summed E-state index contributed by atoms with van der Waals surface area (Å²) in [6.45, 7) is 0. The van der Waals surface area contributed by atoms with Gasteiger partial charge in [-0.25, -0.2) is 4.98 Å². The normalized spacial score (nSPS) is 10.1. The third-order valence-electron chi connectivity index (χ3n) is 2.15. The predicted octanol–water partition coefficient (Wildman–Crippen LogP) is 2.55. The molecule has 82 valence electrons. The number of benzene rings is 1. The maximum absolute atomic E-state index is 10.5. The summed E-state index contributed by atoms with van der Waals surface area (Å²) in [7, 11) is 1.55. The molecule has 0 radical (unpaired) electrons. The van der Waals surface area contributed by atoms with E-state index in [-0.39, 0.29) is 0 Å². The van der Waals surface area contributed by atoms with E-state index >= 15 is 0 Å². The van der Waals surface area contributed by atoms with Gasteiger partial charge >= 0.3 is 0 Å². The van der Waals surface area contributed by atoms with E-state index in [4.69, 9.17) is 16.3 Å². The number of halogens is 1. The van der Waals surface area contributed by atoms with E-state index in [9.17, 15) is 4.79 Å². The zero-order valence-electron chi connectivity index (χ0n) is 8.53. The van der Waals surface area contributed by atoms with Crippen LogP contribution in [0.25, 0.3) is 11.4 Å². The van der Waals surface area contributed by atoms with Gasteiger partial charge in [0.15, 0.2) is 6.29 Å². The van der Waals surface area contributed by atoms with Crippen molar-refractivity contribution < 1.29 is 9.53 Å². The maximum atomic E-state index is 10.5. The number of aldehydes is 1. The topological polar surface area (TPSA) is 55.0 Å². The number of ether oxygens (including phenoxy) is 1. The van der Waals surface area contributed by atoms with Gasteiger partial charge in [-0.3, -0.25) is 4.79 Å². The second-order valence-electron chi connectivity index (χ2n) is 3.15. The summed E-state index contributed by atoms with van der Waals surface area (Å²) in [5, 5.41) is 0.504. The first-order valence-electron chi connectivity index (χ1n) is 4.58. The number of H-pyrrole nitrogens is 1. The van der Waals surface area contributed by atoms with Crippen molar-refractivity contribution in [2.24, 2.45) is 0 Å². The van der Waals surface area contributed by atoms with Crippen molar-refractivity contribution in [2.75, 3.05) is 7.11 Å². The van der Waals surface area contributed by atoms with Crippen LogP contribution in [0.3, 0.4) is 0 Å².